The molecule has 0 atom stereocenters. The maximum atomic E-state index is 12.9. The van der Waals surface area contributed by atoms with E-state index in [1.165, 1.54) is 4.31 Å². The molecule has 0 bridgehead atoms. The zero-order valence-corrected chi connectivity index (χ0v) is 17.0. The van der Waals surface area contributed by atoms with Gasteiger partial charge in [-0.3, -0.25) is 0 Å². The number of sulfonamides is 1. The van der Waals surface area contributed by atoms with Crippen LogP contribution in [0.25, 0.3) is 32.4 Å². The first-order valence-electron chi connectivity index (χ1n) is 9.14. The van der Waals surface area contributed by atoms with Crippen LogP contribution in [0.1, 0.15) is 0 Å². The lowest BCUT2D eigenvalue weighted by atomic mass is 10.1. The number of fused-ring (bicyclic) bond motifs is 2. The van der Waals surface area contributed by atoms with Crippen molar-refractivity contribution in [1.82, 2.24) is 14.3 Å². The largest absolute Gasteiger partial charge is 0.398 e. The van der Waals surface area contributed by atoms with Gasteiger partial charge >= 0.3 is 0 Å². The number of hydrogen-bond donors (Lipinski definition) is 1. The predicted octanol–water partition coefficient (Wildman–Crippen LogP) is 3.11. The number of nitrogens with two attached hydrogens (primary N) is 1. The molecule has 29 heavy (non-hydrogen) atoms. The van der Waals surface area contributed by atoms with E-state index in [0.717, 1.165) is 21.5 Å². The van der Waals surface area contributed by atoms with Crippen LogP contribution in [0.3, 0.4) is 0 Å². The first-order valence-corrected chi connectivity index (χ1v) is 11.5. The van der Waals surface area contributed by atoms with E-state index in [9.17, 15) is 8.42 Å². The van der Waals surface area contributed by atoms with Crippen molar-refractivity contribution in [1.29, 1.82) is 0 Å². The van der Waals surface area contributed by atoms with E-state index in [1.807, 2.05) is 23.7 Å². The van der Waals surface area contributed by atoms with Gasteiger partial charge in [-0.15, -0.1) is 11.3 Å². The van der Waals surface area contributed by atoms with Crippen molar-refractivity contribution >= 4 is 48.2 Å². The van der Waals surface area contributed by atoms with E-state index in [1.54, 1.807) is 35.6 Å². The van der Waals surface area contributed by atoms with Crippen LogP contribution in [-0.4, -0.2) is 49.0 Å². The molecule has 1 fully saturated rings. The summed E-state index contributed by atoms with van der Waals surface area (Å²) >= 11 is 1.59. The van der Waals surface area contributed by atoms with Crippen LogP contribution in [0.5, 0.6) is 0 Å². The van der Waals surface area contributed by atoms with Crippen molar-refractivity contribution in [3.05, 3.63) is 48.0 Å². The monoisotopic (exact) mass is 426 g/mol. The second-order valence-corrected chi connectivity index (χ2v) is 9.65. The summed E-state index contributed by atoms with van der Waals surface area (Å²) in [5.74, 6) is 0. The Morgan fingerprint density at radius 3 is 2.69 bits per heavy atom. The number of nitrogens with zero attached hydrogens (tertiary/aromatic N) is 3. The van der Waals surface area contributed by atoms with Crippen LogP contribution in [0.15, 0.2) is 52.9 Å². The molecule has 4 aromatic rings. The van der Waals surface area contributed by atoms with Gasteiger partial charge in [0.2, 0.25) is 10.0 Å². The van der Waals surface area contributed by atoms with Crippen molar-refractivity contribution in [3.8, 4) is 11.3 Å². The quantitative estimate of drug-likeness (QED) is 0.540. The Morgan fingerprint density at radius 1 is 1.03 bits per heavy atom. The average Bonchev–Trinajstić information content (AvgIpc) is 3.22. The van der Waals surface area contributed by atoms with Crippen molar-refractivity contribution in [2.75, 3.05) is 32.0 Å². The highest BCUT2D eigenvalue weighted by molar-refractivity contribution is 7.89. The van der Waals surface area contributed by atoms with Gasteiger partial charge in [0.15, 0.2) is 0 Å². The van der Waals surface area contributed by atoms with Crippen LogP contribution in [0.4, 0.5) is 5.69 Å². The van der Waals surface area contributed by atoms with Gasteiger partial charge in [0.05, 0.1) is 45.0 Å². The van der Waals surface area contributed by atoms with Gasteiger partial charge in [0.1, 0.15) is 0 Å². The molecule has 2 aromatic carbocycles. The summed E-state index contributed by atoms with van der Waals surface area (Å²) in [6.45, 7) is 1.52. The summed E-state index contributed by atoms with van der Waals surface area (Å²) in [5, 5.41) is 0.623. The molecule has 2 N–H and O–H groups in total. The molecule has 1 aliphatic rings. The molecule has 0 radical (unpaired) electrons. The molecule has 0 spiro atoms. The summed E-state index contributed by atoms with van der Waals surface area (Å²) in [5.41, 5.74) is 11.8. The number of benzene rings is 2. The first kappa shape index (κ1) is 18.4. The predicted molar refractivity (Wildman–Crippen MR) is 114 cm³/mol. The maximum absolute atomic E-state index is 12.9. The SMILES string of the molecule is Nc1cc(-c2ccc3scnc3c2)nc2ccc(S(=O)(=O)N3CCOCC3)cc12. The van der Waals surface area contributed by atoms with Crippen molar-refractivity contribution in [3.63, 3.8) is 0 Å². The van der Waals surface area contributed by atoms with Crippen molar-refractivity contribution in [2.45, 2.75) is 4.90 Å². The van der Waals surface area contributed by atoms with E-state index >= 15 is 0 Å². The Hall–Kier alpha value is -2.59. The summed E-state index contributed by atoms with van der Waals surface area (Å²) in [7, 11) is -3.59. The van der Waals surface area contributed by atoms with Gasteiger partial charge in [-0.2, -0.15) is 4.31 Å². The summed E-state index contributed by atoms with van der Waals surface area (Å²) in [6, 6.07) is 12.7. The lowest BCUT2D eigenvalue weighted by molar-refractivity contribution is 0.0730. The minimum absolute atomic E-state index is 0.219. The lowest BCUT2D eigenvalue weighted by Gasteiger charge is -2.26. The molecule has 7 nitrogen and oxygen atoms in total. The Kier molecular flexibility index (Phi) is 4.47. The van der Waals surface area contributed by atoms with Gasteiger partial charge in [-0.25, -0.2) is 18.4 Å². The highest BCUT2D eigenvalue weighted by Crippen LogP contribution is 2.31. The van der Waals surface area contributed by atoms with E-state index in [4.69, 9.17) is 15.5 Å². The van der Waals surface area contributed by atoms with Crippen LogP contribution >= 0.6 is 11.3 Å². The number of ether oxygens (including phenoxy) is 1. The second kappa shape index (κ2) is 7.03. The molecule has 1 aliphatic heterocycles. The zero-order chi connectivity index (χ0) is 20.0. The molecular formula is C20H18N4O3S2. The van der Waals surface area contributed by atoms with Crippen LogP contribution in [-0.2, 0) is 14.8 Å². The van der Waals surface area contributed by atoms with Crippen LogP contribution in [0.2, 0.25) is 0 Å². The second-order valence-electron chi connectivity index (χ2n) is 6.83. The highest BCUT2D eigenvalue weighted by atomic mass is 32.2. The standard InChI is InChI=1S/C20H18N4O3S2/c21-16-11-18(13-1-4-20-19(9-13)22-12-28-20)23-17-3-2-14(10-15(16)17)29(25,26)24-5-7-27-8-6-24/h1-4,9-12H,5-8H2,(H2,21,23). The number of pyridine rings is 1. The van der Waals surface area contributed by atoms with Crippen molar-refractivity contribution in [2.24, 2.45) is 0 Å². The normalized spacial score (nSPS) is 15.9. The molecule has 0 unspecified atom stereocenters. The third-order valence-corrected chi connectivity index (χ3v) is 7.75. The fourth-order valence-corrected chi connectivity index (χ4v) is 5.59. The third-order valence-electron chi connectivity index (χ3n) is 5.05. The highest BCUT2D eigenvalue weighted by Gasteiger charge is 2.26. The van der Waals surface area contributed by atoms with Gasteiger partial charge in [-0.1, -0.05) is 6.07 Å². The maximum Gasteiger partial charge on any atom is 0.243 e. The van der Waals surface area contributed by atoms with E-state index < -0.39 is 10.0 Å². The summed E-state index contributed by atoms with van der Waals surface area (Å²) < 4.78 is 33.7. The Morgan fingerprint density at radius 2 is 1.86 bits per heavy atom. The van der Waals surface area contributed by atoms with Gasteiger partial charge in [-0.05, 0) is 36.4 Å². The molecule has 3 heterocycles. The average molecular weight is 427 g/mol. The fourth-order valence-electron chi connectivity index (χ4n) is 3.49. The molecule has 0 amide bonds. The minimum Gasteiger partial charge on any atom is -0.398 e. The Labute approximate surface area is 171 Å². The number of thiazole rings is 1. The fraction of sp³-hybridized carbons (Fsp3) is 0.200. The van der Waals surface area contributed by atoms with Gasteiger partial charge < -0.3 is 10.5 Å². The summed E-state index contributed by atoms with van der Waals surface area (Å²) in [6.07, 6.45) is 0. The first-order chi connectivity index (χ1) is 14.0. The summed E-state index contributed by atoms with van der Waals surface area (Å²) in [4.78, 5) is 9.27. The molecule has 148 valence electrons. The molecule has 0 aliphatic carbocycles. The molecule has 1 saturated heterocycles. The third kappa shape index (κ3) is 3.25. The Balaban J connectivity index is 1.57. The van der Waals surface area contributed by atoms with Crippen molar-refractivity contribution < 1.29 is 13.2 Å². The molecule has 5 rings (SSSR count). The topological polar surface area (TPSA) is 98.4 Å². The number of morpholine rings is 1. The van der Waals surface area contributed by atoms with Gasteiger partial charge in [0, 0.05) is 29.7 Å². The number of rotatable bonds is 3. The van der Waals surface area contributed by atoms with E-state index in [0.29, 0.717) is 42.9 Å². The van der Waals surface area contributed by atoms with E-state index in [-0.39, 0.29) is 4.90 Å². The number of hydrogen-bond acceptors (Lipinski definition) is 7. The van der Waals surface area contributed by atoms with Crippen LogP contribution in [0, 0.1) is 0 Å². The Bertz CT molecular complexity index is 1330. The molecular weight excluding hydrogens is 408 g/mol. The molecule has 9 heteroatoms. The van der Waals surface area contributed by atoms with Crippen LogP contribution < -0.4 is 5.73 Å². The number of anilines is 1. The lowest BCUT2D eigenvalue weighted by Crippen LogP contribution is -2.40. The molecule has 2 aromatic heterocycles. The number of aromatic nitrogens is 2. The van der Waals surface area contributed by atoms with E-state index in [2.05, 4.69) is 4.98 Å². The minimum atomic E-state index is -3.59. The zero-order valence-electron chi connectivity index (χ0n) is 15.4. The number of nitrogen functional groups attached to an aromatic ring is 1. The molecule has 0 saturated carbocycles. The van der Waals surface area contributed by atoms with Gasteiger partial charge in [0.25, 0.3) is 0 Å². The smallest absolute Gasteiger partial charge is 0.243 e.